The highest BCUT2D eigenvalue weighted by molar-refractivity contribution is 6.31. The summed E-state index contributed by atoms with van der Waals surface area (Å²) in [4.78, 5) is 12.4. The fourth-order valence-corrected chi connectivity index (χ4v) is 3.76. The number of nitrogens with one attached hydrogen (secondary N) is 1. The molecule has 5 rings (SSSR count). The Bertz CT molecular complexity index is 1430. The highest BCUT2D eigenvalue weighted by atomic mass is 35.5. The van der Waals surface area contributed by atoms with Crippen LogP contribution in [-0.4, -0.2) is 5.91 Å². The third-order valence-corrected chi connectivity index (χ3v) is 5.58. The summed E-state index contributed by atoms with van der Waals surface area (Å²) in [5, 5.41) is 4.58. The topological polar surface area (TPSA) is 42.2 Å². The number of benzene rings is 4. The first-order valence-electron chi connectivity index (χ1n) is 10.6. The summed E-state index contributed by atoms with van der Waals surface area (Å²) >= 11 is 6.07. The smallest absolute Gasteiger partial charge is 0.255 e. The third kappa shape index (κ3) is 4.89. The zero-order valence-corrected chi connectivity index (χ0v) is 18.4. The number of amides is 1. The number of anilines is 1. The van der Waals surface area contributed by atoms with Gasteiger partial charge in [-0.05, 0) is 59.7 Å². The van der Waals surface area contributed by atoms with Gasteiger partial charge in [0.2, 0.25) is 0 Å². The molecule has 0 saturated carbocycles. The summed E-state index contributed by atoms with van der Waals surface area (Å²) in [6.07, 6.45) is 4.07. The molecule has 0 radical (unpaired) electrons. The Labute approximate surface area is 196 Å². The first-order chi connectivity index (χ1) is 16.1. The Kier molecular flexibility index (Phi) is 5.79. The minimum absolute atomic E-state index is 0.125. The monoisotopic (exact) mass is 449 g/mol. The van der Waals surface area contributed by atoms with Gasteiger partial charge in [0, 0.05) is 27.2 Å². The first-order valence-corrected chi connectivity index (χ1v) is 11.0. The molecular formula is C29H20ClNO2. The normalized spacial score (nSPS) is 11.2. The fraction of sp³-hybridized carbons (Fsp3) is 0. The molecule has 0 fully saturated rings. The van der Waals surface area contributed by atoms with Gasteiger partial charge in [0.05, 0.1) is 0 Å². The second-order valence-electron chi connectivity index (χ2n) is 7.69. The molecule has 0 atom stereocenters. The predicted molar refractivity (Wildman–Crippen MR) is 136 cm³/mol. The molecule has 160 valence electrons. The van der Waals surface area contributed by atoms with Gasteiger partial charge >= 0.3 is 0 Å². The molecular weight excluding hydrogens is 430 g/mol. The summed E-state index contributed by atoms with van der Waals surface area (Å²) in [5.74, 6) is 0.687. The van der Waals surface area contributed by atoms with Crippen molar-refractivity contribution in [3.8, 4) is 11.3 Å². The molecule has 0 aliphatic heterocycles. The number of fused-ring (bicyclic) bond motifs is 1. The SMILES string of the molecule is O=C(Nc1ccccc1)c1ccc(C=Cc2ccc(-c3cc4cc(Cl)ccc4o3)cc2)cc1. The van der Waals surface area contributed by atoms with E-state index in [1.54, 1.807) is 0 Å². The minimum Gasteiger partial charge on any atom is -0.456 e. The van der Waals surface area contributed by atoms with E-state index in [-0.39, 0.29) is 5.91 Å². The van der Waals surface area contributed by atoms with E-state index in [0.29, 0.717) is 10.6 Å². The van der Waals surface area contributed by atoms with Crippen molar-refractivity contribution in [2.24, 2.45) is 0 Å². The van der Waals surface area contributed by atoms with Crippen LogP contribution < -0.4 is 5.32 Å². The van der Waals surface area contributed by atoms with E-state index in [4.69, 9.17) is 16.0 Å². The summed E-state index contributed by atoms with van der Waals surface area (Å²) in [6, 6.07) is 32.7. The van der Waals surface area contributed by atoms with Crippen molar-refractivity contribution in [3.05, 3.63) is 125 Å². The first kappa shape index (κ1) is 20.8. The van der Waals surface area contributed by atoms with Crippen LogP contribution in [0.25, 0.3) is 34.4 Å². The van der Waals surface area contributed by atoms with Gasteiger partial charge in [-0.15, -0.1) is 0 Å². The zero-order valence-electron chi connectivity index (χ0n) is 17.7. The second kappa shape index (κ2) is 9.19. The van der Waals surface area contributed by atoms with Crippen LogP contribution in [0.4, 0.5) is 5.69 Å². The van der Waals surface area contributed by atoms with Gasteiger partial charge in [-0.1, -0.05) is 78.4 Å². The fourth-order valence-electron chi connectivity index (χ4n) is 3.58. The number of para-hydroxylation sites is 1. The van der Waals surface area contributed by atoms with E-state index >= 15 is 0 Å². The average molecular weight is 450 g/mol. The van der Waals surface area contributed by atoms with Crippen molar-refractivity contribution >= 4 is 46.3 Å². The maximum Gasteiger partial charge on any atom is 0.255 e. The lowest BCUT2D eigenvalue weighted by Gasteiger charge is -2.05. The standard InChI is InChI=1S/C29H20ClNO2/c30-25-16-17-27-24(18-25)19-28(33-27)22-12-8-20(9-13-22)6-7-21-10-14-23(15-11-21)29(32)31-26-4-2-1-3-5-26/h1-19H,(H,31,32). The van der Waals surface area contributed by atoms with Gasteiger partial charge in [-0.3, -0.25) is 4.79 Å². The molecule has 0 aliphatic carbocycles. The van der Waals surface area contributed by atoms with Gasteiger partial charge in [-0.25, -0.2) is 0 Å². The molecule has 0 unspecified atom stereocenters. The van der Waals surface area contributed by atoms with Gasteiger partial charge in [-0.2, -0.15) is 0 Å². The van der Waals surface area contributed by atoms with Crippen LogP contribution >= 0.6 is 11.6 Å². The number of carbonyl (C=O) groups is 1. The number of halogens is 1. The molecule has 1 aromatic heterocycles. The van der Waals surface area contributed by atoms with Crippen LogP contribution in [0.5, 0.6) is 0 Å². The molecule has 1 N–H and O–H groups in total. The van der Waals surface area contributed by atoms with Crippen molar-refractivity contribution in [3.63, 3.8) is 0 Å². The third-order valence-electron chi connectivity index (χ3n) is 5.35. The molecule has 0 spiro atoms. The van der Waals surface area contributed by atoms with E-state index in [2.05, 4.69) is 5.32 Å². The van der Waals surface area contributed by atoms with Crippen LogP contribution in [-0.2, 0) is 0 Å². The van der Waals surface area contributed by atoms with Crippen molar-refractivity contribution < 1.29 is 9.21 Å². The Balaban J connectivity index is 1.25. The molecule has 1 heterocycles. The van der Waals surface area contributed by atoms with Crippen molar-refractivity contribution in [1.82, 2.24) is 0 Å². The zero-order chi connectivity index (χ0) is 22.6. The lowest BCUT2D eigenvalue weighted by atomic mass is 10.1. The van der Waals surface area contributed by atoms with Gasteiger partial charge in [0.1, 0.15) is 11.3 Å². The molecule has 1 amide bonds. The van der Waals surface area contributed by atoms with Gasteiger partial charge in [0.25, 0.3) is 5.91 Å². The summed E-state index contributed by atoms with van der Waals surface area (Å²) in [6.45, 7) is 0. The van der Waals surface area contributed by atoms with E-state index in [1.165, 1.54) is 0 Å². The molecule has 0 saturated heterocycles. The van der Waals surface area contributed by atoms with Gasteiger partial charge < -0.3 is 9.73 Å². The Morgan fingerprint density at radius 2 is 1.42 bits per heavy atom. The van der Waals surface area contributed by atoms with Crippen LogP contribution in [0.2, 0.25) is 5.02 Å². The maximum atomic E-state index is 12.4. The van der Waals surface area contributed by atoms with E-state index in [0.717, 1.165) is 39.1 Å². The molecule has 4 aromatic carbocycles. The molecule has 0 bridgehead atoms. The summed E-state index contributed by atoms with van der Waals surface area (Å²) in [7, 11) is 0. The van der Waals surface area contributed by atoms with E-state index < -0.39 is 0 Å². The average Bonchev–Trinajstić information content (AvgIpc) is 3.27. The number of furan rings is 1. The predicted octanol–water partition coefficient (Wildman–Crippen LogP) is 8.18. The van der Waals surface area contributed by atoms with E-state index in [9.17, 15) is 4.79 Å². The number of carbonyl (C=O) groups excluding carboxylic acids is 1. The quantitative estimate of drug-likeness (QED) is 0.275. The molecule has 33 heavy (non-hydrogen) atoms. The largest absolute Gasteiger partial charge is 0.456 e. The molecule has 4 heteroatoms. The van der Waals surface area contributed by atoms with Crippen molar-refractivity contribution in [2.45, 2.75) is 0 Å². The van der Waals surface area contributed by atoms with Crippen molar-refractivity contribution in [2.75, 3.05) is 5.32 Å². The van der Waals surface area contributed by atoms with Crippen LogP contribution in [0.3, 0.4) is 0 Å². The van der Waals surface area contributed by atoms with Crippen molar-refractivity contribution in [1.29, 1.82) is 0 Å². The second-order valence-corrected chi connectivity index (χ2v) is 8.13. The number of hydrogen-bond donors (Lipinski definition) is 1. The van der Waals surface area contributed by atoms with Crippen LogP contribution in [0, 0.1) is 0 Å². The highest BCUT2D eigenvalue weighted by Crippen LogP contribution is 2.29. The number of rotatable bonds is 5. The Morgan fingerprint density at radius 1 is 0.758 bits per heavy atom. The lowest BCUT2D eigenvalue weighted by molar-refractivity contribution is 0.102. The Hall–Kier alpha value is -4.08. The van der Waals surface area contributed by atoms with Gasteiger partial charge in [0.15, 0.2) is 0 Å². The van der Waals surface area contributed by atoms with Crippen LogP contribution in [0.1, 0.15) is 21.5 Å². The summed E-state index contributed by atoms with van der Waals surface area (Å²) in [5.41, 5.74) is 5.31. The summed E-state index contributed by atoms with van der Waals surface area (Å²) < 4.78 is 5.94. The Morgan fingerprint density at radius 3 is 2.12 bits per heavy atom. The molecule has 0 aliphatic rings. The highest BCUT2D eigenvalue weighted by Gasteiger charge is 2.07. The minimum atomic E-state index is -0.125. The number of hydrogen-bond acceptors (Lipinski definition) is 2. The molecule has 5 aromatic rings. The van der Waals surface area contributed by atoms with Crippen LogP contribution in [0.15, 0.2) is 108 Å². The maximum absolute atomic E-state index is 12.4. The van der Waals surface area contributed by atoms with E-state index in [1.807, 2.05) is 115 Å². The lowest BCUT2D eigenvalue weighted by Crippen LogP contribution is -2.11. The molecule has 3 nitrogen and oxygen atoms in total.